The molecule has 0 aliphatic heterocycles. The van der Waals surface area contributed by atoms with Crippen LogP contribution in [0.3, 0.4) is 0 Å². The number of hydrogen-bond acceptors (Lipinski definition) is 3. The molecule has 1 N–H and O–H groups in total. The van der Waals surface area contributed by atoms with Gasteiger partial charge in [-0.05, 0) is 35.6 Å². The smallest absolute Gasteiger partial charge is 0.211 e. The van der Waals surface area contributed by atoms with E-state index in [1.165, 1.54) is 12.1 Å². The fourth-order valence-corrected chi connectivity index (χ4v) is 2.65. The Morgan fingerprint density at radius 3 is 2.27 bits per heavy atom. The van der Waals surface area contributed by atoms with Gasteiger partial charge in [0.15, 0.2) is 0 Å². The molecule has 116 valence electrons. The molecule has 0 radical (unpaired) electrons. The predicted molar refractivity (Wildman–Crippen MR) is 81.7 cm³/mol. The summed E-state index contributed by atoms with van der Waals surface area (Å²) >= 11 is 0. The van der Waals surface area contributed by atoms with E-state index >= 15 is 0 Å². The number of aliphatic hydroxyl groups excluding tert-OH is 1. The molecule has 0 aromatic heterocycles. The molecule has 22 heavy (non-hydrogen) atoms. The first-order valence-electron chi connectivity index (χ1n) is 7.12. The lowest BCUT2D eigenvalue weighted by Gasteiger charge is -2.23. The van der Waals surface area contributed by atoms with Gasteiger partial charge < -0.3 is 5.11 Å². The maximum Gasteiger partial charge on any atom is 0.211 e. The summed E-state index contributed by atoms with van der Waals surface area (Å²) in [5.41, 5.74) is 1.69. The molecule has 0 bridgehead atoms. The predicted octanol–water partition coefficient (Wildman–Crippen LogP) is 3.04. The normalized spacial score (nSPS) is 13.5. The third-order valence-electron chi connectivity index (χ3n) is 3.79. The van der Waals surface area contributed by atoms with Crippen LogP contribution in [0.2, 0.25) is 0 Å². The summed E-state index contributed by atoms with van der Waals surface area (Å²) in [4.78, 5) is 10.6. The van der Waals surface area contributed by atoms with Crippen LogP contribution in [0.5, 0.6) is 0 Å². The summed E-state index contributed by atoms with van der Waals surface area (Å²) in [5, 5.41) is 20.7. The van der Waals surface area contributed by atoms with Gasteiger partial charge in [0.25, 0.3) is 0 Å². The SMILES string of the molecule is O=[N+]([O-])C[C@H](c1ccc(F)cc1)[C@H](CO)Cc1ccccc1. The fraction of sp³-hybridized carbons (Fsp3) is 0.294. The highest BCUT2D eigenvalue weighted by Crippen LogP contribution is 2.28. The van der Waals surface area contributed by atoms with Crippen LogP contribution < -0.4 is 0 Å². The molecule has 0 heterocycles. The van der Waals surface area contributed by atoms with Crippen LogP contribution in [-0.2, 0) is 6.42 Å². The standard InChI is InChI=1S/C17H18FNO3/c18-16-8-6-14(7-9-16)17(11-19(21)22)15(12-20)10-13-4-2-1-3-5-13/h1-9,15,17,20H,10-12H2/t15-,17+/m0/s1. The molecule has 0 saturated heterocycles. The Labute approximate surface area is 128 Å². The second kappa shape index (κ2) is 7.66. The van der Waals surface area contributed by atoms with Gasteiger partial charge in [-0.1, -0.05) is 42.5 Å². The molecule has 0 spiro atoms. The van der Waals surface area contributed by atoms with E-state index in [2.05, 4.69) is 0 Å². The molecule has 2 rings (SSSR count). The molecule has 0 saturated carbocycles. The first-order valence-corrected chi connectivity index (χ1v) is 7.12. The number of halogens is 1. The number of nitrogens with zero attached hydrogens (tertiary/aromatic N) is 1. The largest absolute Gasteiger partial charge is 0.396 e. The summed E-state index contributed by atoms with van der Waals surface area (Å²) in [5.74, 6) is -1.13. The third kappa shape index (κ3) is 4.36. The van der Waals surface area contributed by atoms with Crippen molar-refractivity contribution in [1.82, 2.24) is 0 Å². The highest BCUT2D eigenvalue weighted by molar-refractivity contribution is 5.23. The van der Waals surface area contributed by atoms with Crippen molar-refractivity contribution in [3.63, 3.8) is 0 Å². The van der Waals surface area contributed by atoms with Crippen LogP contribution in [-0.4, -0.2) is 23.2 Å². The average molecular weight is 303 g/mol. The number of aliphatic hydroxyl groups is 1. The van der Waals surface area contributed by atoms with Crippen molar-refractivity contribution in [2.75, 3.05) is 13.2 Å². The Morgan fingerprint density at radius 2 is 1.73 bits per heavy atom. The monoisotopic (exact) mass is 303 g/mol. The van der Waals surface area contributed by atoms with Gasteiger partial charge in [-0.2, -0.15) is 0 Å². The number of rotatable bonds is 7. The lowest BCUT2D eigenvalue weighted by Crippen LogP contribution is -2.25. The molecule has 0 aliphatic carbocycles. The Bertz CT molecular complexity index is 601. The Balaban J connectivity index is 2.25. The van der Waals surface area contributed by atoms with Crippen LogP contribution in [0.25, 0.3) is 0 Å². The van der Waals surface area contributed by atoms with Crippen molar-refractivity contribution >= 4 is 0 Å². The molecule has 4 nitrogen and oxygen atoms in total. The van der Waals surface area contributed by atoms with E-state index in [0.717, 1.165) is 5.56 Å². The first-order chi connectivity index (χ1) is 10.6. The van der Waals surface area contributed by atoms with Crippen molar-refractivity contribution in [3.05, 3.63) is 81.7 Å². The van der Waals surface area contributed by atoms with Gasteiger partial charge in [-0.15, -0.1) is 0 Å². The van der Waals surface area contributed by atoms with E-state index in [1.807, 2.05) is 30.3 Å². The number of hydrogen-bond donors (Lipinski definition) is 1. The molecule has 2 atom stereocenters. The van der Waals surface area contributed by atoms with Gasteiger partial charge in [0.05, 0.1) is 5.92 Å². The molecule has 2 aromatic rings. The van der Waals surface area contributed by atoms with E-state index in [0.29, 0.717) is 12.0 Å². The number of nitro groups is 1. The average Bonchev–Trinajstić information content (AvgIpc) is 2.52. The van der Waals surface area contributed by atoms with Crippen LogP contribution in [0.1, 0.15) is 17.0 Å². The van der Waals surface area contributed by atoms with Crippen molar-refractivity contribution in [3.8, 4) is 0 Å². The summed E-state index contributed by atoms with van der Waals surface area (Å²) in [6.45, 7) is -0.450. The van der Waals surface area contributed by atoms with E-state index in [-0.39, 0.29) is 29.8 Å². The van der Waals surface area contributed by atoms with Crippen LogP contribution in [0.15, 0.2) is 54.6 Å². The molecule has 5 heteroatoms. The van der Waals surface area contributed by atoms with Gasteiger partial charge in [-0.25, -0.2) is 4.39 Å². The quantitative estimate of drug-likeness (QED) is 0.631. The lowest BCUT2D eigenvalue weighted by molar-refractivity contribution is -0.485. The van der Waals surface area contributed by atoms with E-state index in [1.54, 1.807) is 12.1 Å². The minimum absolute atomic E-state index is 0.162. The fourth-order valence-electron chi connectivity index (χ4n) is 2.65. The molecule has 0 fully saturated rings. The van der Waals surface area contributed by atoms with E-state index in [4.69, 9.17) is 0 Å². The van der Waals surface area contributed by atoms with Gasteiger partial charge >= 0.3 is 0 Å². The Kier molecular flexibility index (Phi) is 5.61. The first kappa shape index (κ1) is 16.1. The van der Waals surface area contributed by atoms with Gasteiger partial charge in [0.2, 0.25) is 6.54 Å². The maximum absolute atomic E-state index is 13.1. The third-order valence-corrected chi connectivity index (χ3v) is 3.79. The van der Waals surface area contributed by atoms with Crippen LogP contribution in [0.4, 0.5) is 4.39 Å². The van der Waals surface area contributed by atoms with Crippen LogP contribution in [0, 0.1) is 21.8 Å². The zero-order valence-electron chi connectivity index (χ0n) is 12.1. The van der Waals surface area contributed by atoms with Gasteiger partial charge in [-0.3, -0.25) is 10.1 Å². The Hall–Kier alpha value is -2.27. The summed E-state index contributed by atoms with van der Waals surface area (Å²) < 4.78 is 13.1. The highest BCUT2D eigenvalue weighted by atomic mass is 19.1. The molecule has 2 aromatic carbocycles. The molecular formula is C17H18FNO3. The lowest BCUT2D eigenvalue weighted by atomic mass is 9.82. The minimum Gasteiger partial charge on any atom is -0.396 e. The van der Waals surface area contributed by atoms with E-state index in [9.17, 15) is 19.6 Å². The molecular weight excluding hydrogens is 285 g/mol. The van der Waals surface area contributed by atoms with Crippen molar-refractivity contribution in [1.29, 1.82) is 0 Å². The zero-order chi connectivity index (χ0) is 15.9. The molecule has 0 unspecified atom stereocenters. The molecule has 0 amide bonds. The zero-order valence-corrected chi connectivity index (χ0v) is 12.1. The van der Waals surface area contributed by atoms with Crippen molar-refractivity contribution in [2.24, 2.45) is 5.92 Å². The van der Waals surface area contributed by atoms with Crippen molar-refractivity contribution < 1.29 is 14.4 Å². The summed E-state index contributed by atoms with van der Waals surface area (Å²) in [6, 6.07) is 15.2. The summed E-state index contributed by atoms with van der Waals surface area (Å²) in [6.07, 6.45) is 0.535. The van der Waals surface area contributed by atoms with Gasteiger partial charge in [0, 0.05) is 11.5 Å². The highest BCUT2D eigenvalue weighted by Gasteiger charge is 2.27. The van der Waals surface area contributed by atoms with Crippen LogP contribution >= 0.6 is 0 Å². The summed E-state index contributed by atoms with van der Waals surface area (Å²) in [7, 11) is 0. The number of benzene rings is 2. The second-order valence-electron chi connectivity index (χ2n) is 5.31. The molecule has 0 aliphatic rings. The topological polar surface area (TPSA) is 63.4 Å². The second-order valence-corrected chi connectivity index (χ2v) is 5.31. The van der Waals surface area contributed by atoms with E-state index < -0.39 is 5.92 Å². The Morgan fingerprint density at radius 1 is 1.09 bits per heavy atom. The van der Waals surface area contributed by atoms with Gasteiger partial charge in [0.1, 0.15) is 5.82 Å². The minimum atomic E-state index is -0.458. The maximum atomic E-state index is 13.1. The van der Waals surface area contributed by atoms with Crippen molar-refractivity contribution in [2.45, 2.75) is 12.3 Å².